The SMILES string of the molecule is CC(=O)c1ccn(C(=O)N2CCC3(CCN(Cc4cc(F)cc(Cl)c4)C3)CC2)n1. The predicted molar refractivity (Wildman–Crippen MR) is 108 cm³/mol. The van der Waals surface area contributed by atoms with Gasteiger partial charge in [-0.2, -0.15) is 9.78 Å². The summed E-state index contributed by atoms with van der Waals surface area (Å²) in [6, 6.07) is 6.06. The van der Waals surface area contributed by atoms with Gasteiger partial charge in [0.25, 0.3) is 0 Å². The van der Waals surface area contributed by atoms with Crippen molar-refractivity contribution in [1.29, 1.82) is 0 Å². The molecule has 3 heterocycles. The van der Waals surface area contributed by atoms with E-state index in [2.05, 4.69) is 10.00 Å². The van der Waals surface area contributed by atoms with E-state index in [4.69, 9.17) is 11.6 Å². The van der Waals surface area contributed by atoms with Crippen LogP contribution in [0.3, 0.4) is 0 Å². The van der Waals surface area contributed by atoms with Crippen molar-refractivity contribution in [3.8, 4) is 0 Å². The second-order valence-corrected chi connectivity index (χ2v) is 8.65. The molecule has 0 N–H and O–H groups in total. The third kappa shape index (κ3) is 4.36. The molecule has 1 aromatic heterocycles. The number of benzene rings is 1. The van der Waals surface area contributed by atoms with Crippen LogP contribution in [0.4, 0.5) is 9.18 Å². The number of hydrogen-bond donors (Lipinski definition) is 0. The summed E-state index contributed by atoms with van der Waals surface area (Å²) in [7, 11) is 0. The molecule has 8 heteroatoms. The first-order valence-electron chi connectivity index (χ1n) is 9.87. The van der Waals surface area contributed by atoms with Gasteiger partial charge in [-0.05, 0) is 61.1 Å². The summed E-state index contributed by atoms with van der Waals surface area (Å²) < 4.78 is 14.8. The van der Waals surface area contributed by atoms with E-state index in [-0.39, 0.29) is 23.0 Å². The van der Waals surface area contributed by atoms with Crippen molar-refractivity contribution >= 4 is 23.4 Å². The van der Waals surface area contributed by atoms with Crippen molar-refractivity contribution in [2.45, 2.75) is 32.7 Å². The molecule has 6 nitrogen and oxygen atoms in total. The number of rotatable bonds is 3. The van der Waals surface area contributed by atoms with Gasteiger partial charge >= 0.3 is 6.03 Å². The van der Waals surface area contributed by atoms with Crippen LogP contribution in [0.25, 0.3) is 0 Å². The fraction of sp³-hybridized carbons (Fsp3) is 0.476. The molecule has 154 valence electrons. The maximum Gasteiger partial charge on any atom is 0.344 e. The van der Waals surface area contributed by atoms with E-state index >= 15 is 0 Å². The Balaban J connectivity index is 1.34. The van der Waals surface area contributed by atoms with E-state index in [9.17, 15) is 14.0 Å². The minimum absolute atomic E-state index is 0.153. The maximum absolute atomic E-state index is 13.6. The van der Waals surface area contributed by atoms with Crippen molar-refractivity contribution in [3.63, 3.8) is 0 Å². The van der Waals surface area contributed by atoms with Crippen LogP contribution < -0.4 is 0 Å². The van der Waals surface area contributed by atoms with E-state index in [1.165, 1.54) is 23.7 Å². The predicted octanol–water partition coefficient (Wildman–Crippen LogP) is 3.83. The zero-order chi connectivity index (χ0) is 20.6. The van der Waals surface area contributed by atoms with Crippen molar-refractivity contribution in [2.24, 2.45) is 5.41 Å². The summed E-state index contributed by atoms with van der Waals surface area (Å²) in [5.41, 5.74) is 1.39. The minimum atomic E-state index is -0.306. The molecule has 1 amide bonds. The van der Waals surface area contributed by atoms with Crippen molar-refractivity contribution < 1.29 is 14.0 Å². The van der Waals surface area contributed by atoms with Gasteiger partial charge in [-0.3, -0.25) is 9.69 Å². The van der Waals surface area contributed by atoms with Crippen LogP contribution in [0.5, 0.6) is 0 Å². The first-order chi connectivity index (χ1) is 13.8. The first kappa shape index (κ1) is 20.0. The summed E-state index contributed by atoms with van der Waals surface area (Å²) in [6.07, 6.45) is 4.49. The molecular formula is C21H24ClFN4O2. The number of likely N-dealkylation sites (tertiary alicyclic amines) is 2. The van der Waals surface area contributed by atoms with Crippen LogP contribution in [0.1, 0.15) is 42.2 Å². The lowest BCUT2D eigenvalue weighted by molar-refractivity contribution is 0.101. The molecule has 0 atom stereocenters. The van der Waals surface area contributed by atoms with Gasteiger partial charge in [-0.1, -0.05) is 11.6 Å². The summed E-state index contributed by atoms with van der Waals surface area (Å²) in [5, 5.41) is 4.50. The highest BCUT2D eigenvalue weighted by molar-refractivity contribution is 6.30. The Kier molecular flexibility index (Phi) is 5.44. The Morgan fingerprint density at radius 3 is 2.55 bits per heavy atom. The van der Waals surface area contributed by atoms with Gasteiger partial charge in [0.1, 0.15) is 11.5 Å². The molecule has 0 radical (unpaired) electrons. The summed E-state index contributed by atoms with van der Waals surface area (Å²) in [6.45, 7) is 5.37. The Hall–Kier alpha value is -2.25. The first-order valence-corrected chi connectivity index (χ1v) is 10.2. The third-order valence-corrected chi connectivity index (χ3v) is 6.30. The number of aromatic nitrogens is 2. The number of carbonyl (C=O) groups is 2. The molecule has 2 aromatic rings. The molecule has 1 spiro atoms. The number of ketones is 1. The topological polar surface area (TPSA) is 58.4 Å². The number of Topliss-reactive ketones (excluding diaryl/α,β-unsaturated/α-hetero) is 1. The normalized spacial score (nSPS) is 19.1. The standard InChI is InChI=1S/C21H24ClFN4O2/c1-15(28)19-2-6-27(24-19)20(29)26-8-4-21(5-9-26)3-7-25(14-21)13-16-10-17(22)12-18(23)11-16/h2,6,10-12H,3-5,7-9,13-14H2,1H3. The third-order valence-electron chi connectivity index (χ3n) is 6.09. The van der Waals surface area contributed by atoms with Crippen LogP contribution in [0.2, 0.25) is 5.02 Å². The van der Waals surface area contributed by atoms with E-state index in [0.717, 1.165) is 37.9 Å². The number of nitrogens with zero attached hydrogens (tertiary/aromatic N) is 4. The maximum atomic E-state index is 13.6. The van der Waals surface area contributed by atoms with Gasteiger partial charge in [0, 0.05) is 44.3 Å². The fourth-order valence-electron chi connectivity index (χ4n) is 4.47. The molecule has 2 aliphatic heterocycles. The van der Waals surface area contributed by atoms with Crippen molar-refractivity contribution in [1.82, 2.24) is 19.6 Å². The Morgan fingerprint density at radius 1 is 1.17 bits per heavy atom. The smallest absolute Gasteiger partial charge is 0.323 e. The van der Waals surface area contributed by atoms with E-state index in [0.29, 0.717) is 30.4 Å². The van der Waals surface area contributed by atoms with Gasteiger partial charge in [0.15, 0.2) is 5.78 Å². The Bertz CT molecular complexity index is 916. The van der Waals surface area contributed by atoms with Crippen LogP contribution >= 0.6 is 11.6 Å². The summed E-state index contributed by atoms with van der Waals surface area (Å²) in [5.74, 6) is -0.459. The highest BCUT2D eigenvalue weighted by Gasteiger charge is 2.41. The lowest BCUT2D eigenvalue weighted by atomic mass is 9.78. The molecule has 1 aromatic carbocycles. The van der Waals surface area contributed by atoms with Crippen LogP contribution in [0.15, 0.2) is 30.5 Å². The Morgan fingerprint density at radius 2 is 1.90 bits per heavy atom. The molecule has 4 rings (SSSR count). The molecule has 29 heavy (non-hydrogen) atoms. The molecule has 2 saturated heterocycles. The Labute approximate surface area is 174 Å². The van der Waals surface area contributed by atoms with Crippen LogP contribution in [-0.2, 0) is 6.54 Å². The average Bonchev–Trinajstić information content (AvgIpc) is 3.29. The van der Waals surface area contributed by atoms with Gasteiger partial charge < -0.3 is 4.90 Å². The highest BCUT2D eigenvalue weighted by atomic mass is 35.5. The van der Waals surface area contributed by atoms with E-state index < -0.39 is 0 Å². The van der Waals surface area contributed by atoms with E-state index in [1.54, 1.807) is 17.2 Å². The number of piperidine rings is 1. The lowest BCUT2D eigenvalue weighted by Gasteiger charge is -2.39. The zero-order valence-corrected chi connectivity index (χ0v) is 17.2. The summed E-state index contributed by atoms with van der Waals surface area (Å²) in [4.78, 5) is 28.2. The van der Waals surface area contributed by atoms with Gasteiger partial charge in [-0.25, -0.2) is 9.18 Å². The molecule has 0 saturated carbocycles. The molecule has 0 aliphatic carbocycles. The van der Waals surface area contributed by atoms with Crippen LogP contribution in [-0.4, -0.2) is 57.6 Å². The van der Waals surface area contributed by atoms with Crippen LogP contribution in [0, 0.1) is 11.2 Å². The monoisotopic (exact) mass is 418 g/mol. The quantitative estimate of drug-likeness (QED) is 0.711. The van der Waals surface area contributed by atoms with Gasteiger partial charge in [0.2, 0.25) is 0 Å². The fourth-order valence-corrected chi connectivity index (χ4v) is 4.71. The second kappa shape index (κ2) is 7.88. The molecule has 2 fully saturated rings. The average molecular weight is 419 g/mol. The lowest BCUT2D eigenvalue weighted by Crippen LogP contribution is -2.45. The molecule has 0 bridgehead atoms. The highest BCUT2D eigenvalue weighted by Crippen LogP contribution is 2.41. The summed E-state index contributed by atoms with van der Waals surface area (Å²) >= 11 is 5.97. The molecule has 2 aliphatic rings. The van der Waals surface area contributed by atoms with Gasteiger partial charge in [-0.15, -0.1) is 0 Å². The molecular weight excluding hydrogens is 395 g/mol. The number of carbonyl (C=O) groups excluding carboxylic acids is 2. The number of amides is 1. The second-order valence-electron chi connectivity index (χ2n) is 8.21. The van der Waals surface area contributed by atoms with Crippen molar-refractivity contribution in [3.05, 3.63) is 52.6 Å². The number of halogens is 2. The number of hydrogen-bond acceptors (Lipinski definition) is 4. The van der Waals surface area contributed by atoms with Crippen molar-refractivity contribution in [2.75, 3.05) is 26.2 Å². The van der Waals surface area contributed by atoms with Gasteiger partial charge in [0.05, 0.1) is 0 Å². The molecule has 0 unspecified atom stereocenters. The zero-order valence-electron chi connectivity index (χ0n) is 16.4. The minimum Gasteiger partial charge on any atom is -0.323 e. The largest absolute Gasteiger partial charge is 0.344 e. The van der Waals surface area contributed by atoms with E-state index in [1.807, 2.05) is 6.07 Å².